The SMILES string of the molecule is Cc1[nH]cnc1CNS(N)(=O)=O. The molecule has 0 atom stereocenters. The van der Waals surface area contributed by atoms with Crippen molar-refractivity contribution in [1.29, 1.82) is 0 Å². The van der Waals surface area contributed by atoms with Crippen molar-refractivity contribution < 1.29 is 8.42 Å². The lowest BCUT2D eigenvalue weighted by Crippen LogP contribution is -2.30. The molecule has 0 aliphatic rings. The number of nitrogens with one attached hydrogen (secondary N) is 2. The van der Waals surface area contributed by atoms with Crippen molar-refractivity contribution in [3.8, 4) is 0 Å². The summed E-state index contributed by atoms with van der Waals surface area (Å²) < 4.78 is 23.1. The minimum absolute atomic E-state index is 0.119. The van der Waals surface area contributed by atoms with Gasteiger partial charge >= 0.3 is 0 Å². The molecule has 0 saturated heterocycles. The van der Waals surface area contributed by atoms with Crippen LogP contribution in [-0.4, -0.2) is 18.4 Å². The molecule has 0 saturated carbocycles. The summed E-state index contributed by atoms with van der Waals surface area (Å²) in [4.78, 5) is 6.70. The van der Waals surface area contributed by atoms with Crippen molar-refractivity contribution in [2.75, 3.05) is 0 Å². The van der Waals surface area contributed by atoms with Crippen molar-refractivity contribution in [3.63, 3.8) is 0 Å². The van der Waals surface area contributed by atoms with E-state index in [0.717, 1.165) is 5.69 Å². The number of hydrogen-bond acceptors (Lipinski definition) is 3. The third-order valence-corrected chi connectivity index (χ3v) is 1.92. The molecular weight excluding hydrogens is 180 g/mol. The van der Waals surface area contributed by atoms with Gasteiger partial charge in [0.2, 0.25) is 0 Å². The Morgan fingerprint density at radius 3 is 2.83 bits per heavy atom. The predicted molar refractivity (Wildman–Crippen MR) is 43.3 cm³/mol. The number of imidazole rings is 1. The molecule has 6 nitrogen and oxygen atoms in total. The van der Waals surface area contributed by atoms with E-state index in [9.17, 15) is 8.42 Å². The van der Waals surface area contributed by atoms with E-state index in [4.69, 9.17) is 5.14 Å². The minimum atomic E-state index is -3.62. The first-order valence-electron chi connectivity index (χ1n) is 3.25. The molecule has 68 valence electrons. The molecule has 0 aromatic carbocycles. The Hall–Kier alpha value is -0.920. The molecule has 0 spiro atoms. The van der Waals surface area contributed by atoms with E-state index in [1.807, 2.05) is 0 Å². The molecule has 0 unspecified atom stereocenters. The number of rotatable bonds is 3. The summed E-state index contributed by atoms with van der Waals surface area (Å²) in [6.45, 7) is 1.92. The van der Waals surface area contributed by atoms with Gasteiger partial charge in [0, 0.05) is 5.69 Å². The van der Waals surface area contributed by atoms with Gasteiger partial charge in [-0.3, -0.25) is 0 Å². The van der Waals surface area contributed by atoms with E-state index >= 15 is 0 Å². The van der Waals surface area contributed by atoms with Gasteiger partial charge in [0.25, 0.3) is 10.2 Å². The van der Waals surface area contributed by atoms with Gasteiger partial charge in [-0.2, -0.15) is 13.1 Å². The number of H-pyrrole nitrogens is 1. The van der Waals surface area contributed by atoms with Crippen molar-refractivity contribution in [2.45, 2.75) is 13.5 Å². The normalized spacial score (nSPS) is 11.8. The molecule has 0 aliphatic carbocycles. The first-order valence-corrected chi connectivity index (χ1v) is 4.80. The first kappa shape index (κ1) is 9.17. The van der Waals surface area contributed by atoms with Crippen LogP contribution in [0.15, 0.2) is 6.33 Å². The fraction of sp³-hybridized carbons (Fsp3) is 0.400. The highest BCUT2D eigenvalue weighted by Crippen LogP contribution is 1.98. The van der Waals surface area contributed by atoms with Crippen LogP contribution in [0.5, 0.6) is 0 Å². The molecule has 0 radical (unpaired) electrons. The zero-order chi connectivity index (χ0) is 9.19. The topological polar surface area (TPSA) is 101 Å². The zero-order valence-electron chi connectivity index (χ0n) is 6.53. The maximum Gasteiger partial charge on any atom is 0.274 e. The minimum Gasteiger partial charge on any atom is -0.348 e. The van der Waals surface area contributed by atoms with Crippen LogP contribution in [-0.2, 0) is 16.8 Å². The van der Waals surface area contributed by atoms with Crippen LogP contribution in [0.4, 0.5) is 0 Å². The van der Waals surface area contributed by atoms with Crippen LogP contribution in [0.25, 0.3) is 0 Å². The standard InChI is InChI=1S/C5H10N4O2S/c1-4-5(8-3-7-4)2-9-12(6,10)11/h3,9H,2H2,1H3,(H,7,8)(H2,6,10,11). The highest BCUT2D eigenvalue weighted by Gasteiger charge is 2.04. The van der Waals surface area contributed by atoms with E-state index in [2.05, 4.69) is 14.7 Å². The molecule has 1 rings (SSSR count). The largest absolute Gasteiger partial charge is 0.348 e. The quantitative estimate of drug-likeness (QED) is 0.570. The monoisotopic (exact) mass is 190 g/mol. The van der Waals surface area contributed by atoms with Crippen molar-refractivity contribution in [3.05, 3.63) is 17.7 Å². The number of aryl methyl sites for hydroxylation is 1. The molecule has 0 fully saturated rings. The van der Waals surface area contributed by atoms with Crippen molar-refractivity contribution in [2.24, 2.45) is 5.14 Å². The molecule has 0 amide bonds. The van der Waals surface area contributed by atoms with Crippen molar-refractivity contribution in [1.82, 2.24) is 14.7 Å². The average Bonchev–Trinajstić information content (AvgIpc) is 2.29. The molecule has 12 heavy (non-hydrogen) atoms. The molecule has 7 heteroatoms. The summed E-state index contributed by atoms with van der Waals surface area (Å²) in [5, 5.41) is 4.73. The Bertz CT molecular complexity index is 355. The van der Waals surface area contributed by atoms with Gasteiger partial charge in [-0.1, -0.05) is 0 Å². The fourth-order valence-electron chi connectivity index (χ4n) is 0.734. The number of nitrogens with two attached hydrogens (primary N) is 1. The van der Waals surface area contributed by atoms with Gasteiger partial charge in [-0.25, -0.2) is 10.1 Å². The van der Waals surface area contributed by atoms with Gasteiger partial charge in [-0.15, -0.1) is 0 Å². The Balaban J connectivity index is 2.61. The summed E-state index contributed by atoms with van der Waals surface area (Å²) in [7, 11) is -3.62. The molecule has 4 N–H and O–H groups in total. The average molecular weight is 190 g/mol. The third kappa shape index (κ3) is 2.61. The van der Waals surface area contributed by atoms with E-state index in [-0.39, 0.29) is 6.54 Å². The summed E-state index contributed by atoms with van der Waals surface area (Å²) in [5.41, 5.74) is 1.47. The Morgan fingerprint density at radius 2 is 2.42 bits per heavy atom. The zero-order valence-corrected chi connectivity index (χ0v) is 7.35. The lowest BCUT2D eigenvalue weighted by Gasteiger charge is -1.98. The smallest absolute Gasteiger partial charge is 0.274 e. The lowest BCUT2D eigenvalue weighted by atomic mass is 10.3. The maximum absolute atomic E-state index is 10.5. The molecule has 0 bridgehead atoms. The molecule has 0 aliphatic heterocycles. The van der Waals surface area contributed by atoms with E-state index in [1.165, 1.54) is 6.33 Å². The van der Waals surface area contributed by atoms with Crippen LogP contribution in [0, 0.1) is 6.92 Å². The fourth-order valence-corrected chi connectivity index (χ4v) is 1.07. The second-order valence-corrected chi connectivity index (χ2v) is 3.72. The highest BCUT2D eigenvalue weighted by atomic mass is 32.2. The molecule has 1 aromatic rings. The van der Waals surface area contributed by atoms with Gasteiger partial charge in [0.1, 0.15) is 0 Å². The number of nitrogens with zero attached hydrogens (tertiary/aromatic N) is 1. The summed E-state index contributed by atoms with van der Waals surface area (Å²) in [6, 6.07) is 0. The van der Waals surface area contributed by atoms with Gasteiger partial charge in [-0.05, 0) is 6.92 Å². The van der Waals surface area contributed by atoms with Crippen molar-refractivity contribution >= 4 is 10.2 Å². The summed E-state index contributed by atoms with van der Waals surface area (Å²) >= 11 is 0. The summed E-state index contributed by atoms with van der Waals surface area (Å²) in [5.74, 6) is 0. The maximum atomic E-state index is 10.5. The van der Waals surface area contributed by atoms with Crippen LogP contribution >= 0.6 is 0 Å². The van der Waals surface area contributed by atoms with Gasteiger partial charge < -0.3 is 4.98 Å². The first-order chi connectivity index (χ1) is 5.49. The van der Waals surface area contributed by atoms with Crippen LogP contribution in [0.1, 0.15) is 11.4 Å². The van der Waals surface area contributed by atoms with Crippen LogP contribution in [0.2, 0.25) is 0 Å². The van der Waals surface area contributed by atoms with Crippen LogP contribution < -0.4 is 9.86 Å². The number of hydrogen-bond donors (Lipinski definition) is 3. The van der Waals surface area contributed by atoms with Gasteiger partial charge in [0.05, 0.1) is 18.6 Å². The Labute approximate surface area is 70.4 Å². The Kier molecular flexibility index (Phi) is 2.46. The molecule has 1 heterocycles. The lowest BCUT2D eigenvalue weighted by molar-refractivity contribution is 0.582. The number of aromatic amines is 1. The third-order valence-electron chi connectivity index (χ3n) is 1.38. The molecular formula is C5H10N4O2S. The summed E-state index contributed by atoms with van der Waals surface area (Å²) in [6.07, 6.45) is 1.50. The predicted octanol–water partition coefficient (Wildman–Crippen LogP) is -0.989. The van der Waals surface area contributed by atoms with E-state index < -0.39 is 10.2 Å². The second-order valence-electron chi connectivity index (χ2n) is 2.34. The Morgan fingerprint density at radius 1 is 1.75 bits per heavy atom. The number of aromatic nitrogens is 2. The van der Waals surface area contributed by atoms with E-state index in [1.54, 1.807) is 6.92 Å². The molecule has 1 aromatic heterocycles. The second kappa shape index (κ2) is 3.21. The highest BCUT2D eigenvalue weighted by molar-refractivity contribution is 7.87. The van der Waals surface area contributed by atoms with E-state index in [0.29, 0.717) is 5.69 Å². The van der Waals surface area contributed by atoms with Gasteiger partial charge in [0.15, 0.2) is 0 Å². The van der Waals surface area contributed by atoms with Crippen LogP contribution in [0.3, 0.4) is 0 Å².